The van der Waals surface area contributed by atoms with Crippen molar-refractivity contribution in [2.75, 3.05) is 31.2 Å². The molecule has 0 saturated carbocycles. The Morgan fingerprint density at radius 3 is 2.12 bits per heavy atom. The van der Waals surface area contributed by atoms with E-state index in [9.17, 15) is 9.59 Å². The van der Waals surface area contributed by atoms with Gasteiger partial charge in [0.15, 0.2) is 11.5 Å². The normalized spacial score (nSPS) is 16.7. The van der Waals surface area contributed by atoms with Crippen LogP contribution < -0.4 is 14.4 Å². The molecule has 2 aromatic rings. The monoisotopic (exact) mass is 434 g/mol. The summed E-state index contributed by atoms with van der Waals surface area (Å²) in [4.78, 5) is 30.7. The van der Waals surface area contributed by atoms with E-state index in [2.05, 4.69) is 4.90 Å². The van der Waals surface area contributed by atoms with E-state index in [1.165, 1.54) is 4.90 Å². The molecular weight excluding hydrogens is 404 g/mol. The van der Waals surface area contributed by atoms with Crippen LogP contribution in [-0.4, -0.2) is 43.0 Å². The Morgan fingerprint density at radius 2 is 1.47 bits per heavy atom. The molecule has 2 amide bonds. The number of piperidine rings is 1. The van der Waals surface area contributed by atoms with E-state index in [-0.39, 0.29) is 11.8 Å². The first kappa shape index (κ1) is 21.9. The van der Waals surface area contributed by atoms with Gasteiger partial charge in [0, 0.05) is 19.2 Å². The molecule has 0 N–H and O–H groups in total. The van der Waals surface area contributed by atoms with Crippen LogP contribution >= 0.6 is 0 Å². The van der Waals surface area contributed by atoms with E-state index >= 15 is 0 Å². The van der Waals surface area contributed by atoms with Gasteiger partial charge < -0.3 is 14.4 Å². The van der Waals surface area contributed by atoms with Gasteiger partial charge in [-0.3, -0.25) is 9.59 Å². The zero-order chi connectivity index (χ0) is 22.7. The maximum absolute atomic E-state index is 13.7. The third-order valence-electron chi connectivity index (χ3n) is 5.86. The van der Waals surface area contributed by atoms with Gasteiger partial charge in [0.05, 0.1) is 24.5 Å². The summed E-state index contributed by atoms with van der Waals surface area (Å²) < 4.78 is 11.4. The predicted molar refractivity (Wildman–Crippen MR) is 125 cm³/mol. The molecule has 1 saturated heterocycles. The van der Waals surface area contributed by atoms with Crippen molar-refractivity contribution in [2.24, 2.45) is 0 Å². The molecule has 168 valence electrons. The Morgan fingerprint density at radius 1 is 0.812 bits per heavy atom. The Kier molecular flexibility index (Phi) is 6.49. The zero-order valence-electron chi connectivity index (χ0n) is 19.0. The summed E-state index contributed by atoms with van der Waals surface area (Å²) in [5.74, 6) is 0.543. The quantitative estimate of drug-likeness (QED) is 0.598. The zero-order valence-corrected chi connectivity index (χ0v) is 19.0. The molecule has 2 aromatic carbocycles. The van der Waals surface area contributed by atoms with Gasteiger partial charge in [0.1, 0.15) is 5.70 Å². The van der Waals surface area contributed by atoms with E-state index in [1.54, 1.807) is 18.2 Å². The van der Waals surface area contributed by atoms with Gasteiger partial charge in [-0.1, -0.05) is 29.8 Å². The first-order chi connectivity index (χ1) is 15.5. The van der Waals surface area contributed by atoms with Crippen molar-refractivity contribution in [1.82, 2.24) is 4.90 Å². The fraction of sp³-hybridized carbons (Fsp3) is 0.385. The van der Waals surface area contributed by atoms with E-state index in [4.69, 9.17) is 9.47 Å². The predicted octanol–water partition coefficient (Wildman–Crippen LogP) is 4.56. The second-order valence-corrected chi connectivity index (χ2v) is 8.08. The van der Waals surface area contributed by atoms with Crippen LogP contribution in [0.15, 0.2) is 48.2 Å². The molecule has 6 heteroatoms. The van der Waals surface area contributed by atoms with E-state index < -0.39 is 0 Å². The molecule has 0 aliphatic carbocycles. The number of amides is 2. The molecule has 0 aromatic heterocycles. The topological polar surface area (TPSA) is 59.1 Å². The van der Waals surface area contributed by atoms with Crippen LogP contribution in [0.1, 0.15) is 44.2 Å². The van der Waals surface area contributed by atoms with E-state index in [1.807, 2.05) is 45.0 Å². The first-order valence-electron chi connectivity index (χ1n) is 11.4. The Bertz CT molecular complexity index is 1040. The lowest BCUT2D eigenvalue weighted by Crippen LogP contribution is -2.37. The SMILES string of the molecule is CCOc1ccc(N2C(=O)C(c3ccc(C)cc3)=C(N3CCCCC3)C2=O)cc1OCC. The van der Waals surface area contributed by atoms with Crippen LogP contribution in [0.3, 0.4) is 0 Å². The molecule has 32 heavy (non-hydrogen) atoms. The van der Waals surface area contributed by atoms with Crippen LogP contribution in [0.2, 0.25) is 0 Å². The number of carbonyl (C=O) groups is 2. The molecule has 6 nitrogen and oxygen atoms in total. The van der Waals surface area contributed by atoms with Crippen molar-refractivity contribution >= 4 is 23.1 Å². The van der Waals surface area contributed by atoms with Gasteiger partial charge in [-0.2, -0.15) is 0 Å². The number of imide groups is 1. The van der Waals surface area contributed by atoms with Gasteiger partial charge in [0.25, 0.3) is 11.8 Å². The number of hydrogen-bond acceptors (Lipinski definition) is 5. The van der Waals surface area contributed by atoms with E-state index in [0.717, 1.165) is 43.5 Å². The molecule has 0 bridgehead atoms. The summed E-state index contributed by atoms with van der Waals surface area (Å²) in [6.07, 6.45) is 3.18. The van der Waals surface area contributed by atoms with Crippen molar-refractivity contribution in [3.63, 3.8) is 0 Å². The van der Waals surface area contributed by atoms with Gasteiger partial charge in [-0.05, 0) is 57.7 Å². The minimum Gasteiger partial charge on any atom is -0.490 e. The molecule has 0 unspecified atom stereocenters. The number of benzene rings is 2. The Labute approximate surface area is 189 Å². The number of anilines is 1. The van der Waals surface area contributed by atoms with Crippen LogP contribution in [0, 0.1) is 6.92 Å². The minimum atomic E-state index is -0.300. The molecule has 4 rings (SSSR count). The number of ether oxygens (including phenoxy) is 2. The smallest absolute Gasteiger partial charge is 0.282 e. The summed E-state index contributed by atoms with van der Waals surface area (Å²) in [7, 11) is 0. The molecule has 2 aliphatic heterocycles. The number of hydrogen-bond donors (Lipinski definition) is 0. The average molecular weight is 435 g/mol. The summed E-state index contributed by atoms with van der Waals surface area (Å²) in [5.41, 5.74) is 3.35. The summed E-state index contributed by atoms with van der Waals surface area (Å²) in [6.45, 7) is 8.32. The van der Waals surface area contributed by atoms with Crippen LogP contribution in [0.25, 0.3) is 5.57 Å². The number of nitrogens with zero attached hydrogens (tertiary/aromatic N) is 2. The highest BCUT2D eigenvalue weighted by atomic mass is 16.5. The van der Waals surface area contributed by atoms with Gasteiger partial charge in [-0.25, -0.2) is 4.90 Å². The average Bonchev–Trinajstić information content (AvgIpc) is 3.06. The molecule has 0 radical (unpaired) electrons. The number of carbonyl (C=O) groups excluding carboxylic acids is 2. The third-order valence-corrected chi connectivity index (χ3v) is 5.86. The van der Waals surface area contributed by atoms with Gasteiger partial charge in [0.2, 0.25) is 0 Å². The molecule has 0 spiro atoms. The number of aryl methyl sites for hydroxylation is 1. The van der Waals surface area contributed by atoms with Crippen molar-refractivity contribution in [3.05, 3.63) is 59.3 Å². The highest BCUT2D eigenvalue weighted by Crippen LogP contribution is 2.39. The minimum absolute atomic E-state index is 0.279. The van der Waals surface area contributed by atoms with Crippen molar-refractivity contribution in [3.8, 4) is 11.5 Å². The number of rotatable bonds is 7. The first-order valence-corrected chi connectivity index (χ1v) is 11.4. The van der Waals surface area contributed by atoms with Crippen LogP contribution in [0.4, 0.5) is 5.69 Å². The molecule has 0 atom stereocenters. The highest BCUT2D eigenvalue weighted by Gasteiger charge is 2.42. The maximum Gasteiger partial charge on any atom is 0.282 e. The van der Waals surface area contributed by atoms with Crippen LogP contribution in [0.5, 0.6) is 11.5 Å². The van der Waals surface area contributed by atoms with Crippen molar-refractivity contribution < 1.29 is 19.1 Å². The standard InChI is InChI=1S/C26H30N2O4/c1-4-31-21-14-13-20(17-22(21)32-5-2)28-25(29)23(19-11-9-18(3)10-12-19)24(26(28)30)27-15-7-6-8-16-27/h9-14,17H,4-8,15-16H2,1-3H3. The molecule has 1 fully saturated rings. The van der Waals surface area contributed by atoms with E-state index in [0.29, 0.717) is 41.7 Å². The lowest BCUT2D eigenvalue weighted by atomic mass is 10.0. The van der Waals surface area contributed by atoms with Gasteiger partial charge in [-0.15, -0.1) is 0 Å². The molecule has 2 heterocycles. The lowest BCUT2D eigenvalue weighted by molar-refractivity contribution is -0.120. The largest absolute Gasteiger partial charge is 0.490 e. The second kappa shape index (κ2) is 9.47. The lowest BCUT2D eigenvalue weighted by Gasteiger charge is -2.29. The Hall–Kier alpha value is -3.28. The second-order valence-electron chi connectivity index (χ2n) is 8.08. The maximum atomic E-state index is 13.7. The summed E-state index contributed by atoms with van der Waals surface area (Å²) in [6, 6.07) is 13.0. The van der Waals surface area contributed by atoms with Crippen molar-refractivity contribution in [2.45, 2.75) is 40.0 Å². The third kappa shape index (κ3) is 4.09. The Balaban J connectivity index is 1.78. The fourth-order valence-electron chi connectivity index (χ4n) is 4.32. The molecule has 2 aliphatic rings. The summed E-state index contributed by atoms with van der Waals surface area (Å²) in [5, 5.41) is 0. The summed E-state index contributed by atoms with van der Waals surface area (Å²) >= 11 is 0. The fourth-order valence-corrected chi connectivity index (χ4v) is 4.32. The van der Waals surface area contributed by atoms with Crippen LogP contribution in [-0.2, 0) is 9.59 Å². The molecular formula is C26H30N2O4. The highest BCUT2D eigenvalue weighted by molar-refractivity contribution is 6.45. The van der Waals surface area contributed by atoms with Crippen molar-refractivity contribution in [1.29, 1.82) is 0 Å². The van der Waals surface area contributed by atoms with Gasteiger partial charge >= 0.3 is 0 Å². The number of likely N-dealkylation sites (tertiary alicyclic amines) is 1.